The molecule has 0 saturated heterocycles. The summed E-state index contributed by atoms with van der Waals surface area (Å²) in [5.41, 5.74) is -0.191. The van der Waals surface area contributed by atoms with Gasteiger partial charge in [-0.25, -0.2) is 8.42 Å². The molecule has 1 aromatic heterocycles. The van der Waals surface area contributed by atoms with Gasteiger partial charge in [0, 0.05) is 29.6 Å². The second-order valence-electron chi connectivity index (χ2n) is 14.5. The zero-order valence-corrected chi connectivity index (χ0v) is 30.9. The minimum atomic E-state index is -4.64. The number of carbonyl (C=O) groups excluding carboxylic acids is 1. The summed E-state index contributed by atoms with van der Waals surface area (Å²) in [7, 11) is -4.02. The Morgan fingerprint density at radius 1 is 0.981 bits per heavy atom. The van der Waals surface area contributed by atoms with Crippen molar-refractivity contribution in [2.24, 2.45) is 5.41 Å². The number of sulfonamides is 1. The number of allylic oxidation sites excluding steroid dienone is 2. The van der Waals surface area contributed by atoms with Gasteiger partial charge >= 0.3 is 6.18 Å². The van der Waals surface area contributed by atoms with Crippen LogP contribution in [0.3, 0.4) is 0 Å². The van der Waals surface area contributed by atoms with E-state index in [2.05, 4.69) is 6.08 Å². The van der Waals surface area contributed by atoms with Crippen LogP contribution in [0.4, 0.5) is 13.2 Å². The Hall–Kier alpha value is -3.61. The van der Waals surface area contributed by atoms with Gasteiger partial charge in [0.2, 0.25) is 0 Å². The number of hydrogen-bond acceptors (Lipinski definition) is 6. The van der Waals surface area contributed by atoms with Gasteiger partial charge in [-0.2, -0.15) is 17.5 Å². The second kappa shape index (κ2) is 15.0. The lowest BCUT2D eigenvalue weighted by Crippen LogP contribution is -2.53. The number of alkyl halides is 3. The van der Waals surface area contributed by atoms with Crippen LogP contribution in [0.25, 0.3) is 0 Å². The average Bonchev–Trinajstić information content (AvgIpc) is 3.74. The second-order valence-corrected chi connectivity index (χ2v) is 17.7. The highest BCUT2D eigenvalue weighted by molar-refractivity contribution is 7.91. The molecule has 7 rings (SSSR count). The monoisotopic (exact) mass is 751 g/mol. The highest BCUT2D eigenvalue weighted by atomic mass is 32.2. The SMILES string of the molecule is CC1=CCCC2(C)C(CCC2(O)CN(Cc2ccccc2)S(=O)(=O)c2cccs2)c2ccc(cc2C(=O)c2cccc(C(F)(F)F)c2)CC(O)CC1. The van der Waals surface area contributed by atoms with E-state index in [1.165, 1.54) is 16.4 Å². The smallest absolute Gasteiger partial charge is 0.393 e. The third-order valence-electron chi connectivity index (χ3n) is 11.1. The molecule has 2 bridgehead atoms. The summed E-state index contributed by atoms with van der Waals surface area (Å²) in [6, 6.07) is 22.2. The van der Waals surface area contributed by atoms with Crippen LogP contribution in [-0.4, -0.2) is 47.0 Å². The van der Waals surface area contributed by atoms with Crippen LogP contribution in [-0.2, 0) is 29.2 Å². The molecule has 0 amide bonds. The largest absolute Gasteiger partial charge is 0.416 e. The minimum absolute atomic E-state index is 0.0411. The summed E-state index contributed by atoms with van der Waals surface area (Å²) in [4.78, 5) is 14.3. The lowest BCUT2D eigenvalue weighted by molar-refractivity contribution is -0.137. The Labute approximate surface area is 307 Å². The molecule has 6 nitrogen and oxygen atoms in total. The normalized spacial score (nSPS) is 24.3. The number of halogens is 3. The van der Waals surface area contributed by atoms with Crippen molar-refractivity contribution in [3.8, 4) is 0 Å². The molecule has 0 radical (unpaired) electrons. The molecule has 52 heavy (non-hydrogen) atoms. The van der Waals surface area contributed by atoms with Gasteiger partial charge in [0.05, 0.1) is 17.3 Å². The van der Waals surface area contributed by atoms with Crippen LogP contribution in [0.1, 0.15) is 96.5 Å². The molecule has 11 heteroatoms. The van der Waals surface area contributed by atoms with E-state index < -0.39 is 50.6 Å². The summed E-state index contributed by atoms with van der Waals surface area (Å²) < 4.78 is 71.2. The van der Waals surface area contributed by atoms with Gasteiger partial charge in [-0.05, 0) is 104 Å². The van der Waals surface area contributed by atoms with Gasteiger partial charge in [0.1, 0.15) is 4.21 Å². The van der Waals surface area contributed by atoms with Gasteiger partial charge < -0.3 is 10.2 Å². The zero-order valence-electron chi connectivity index (χ0n) is 29.3. The number of hydrogen-bond donors (Lipinski definition) is 2. The molecule has 4 atom stereocenters. The lowest BCUT2D eigenvalue weighted by Gasteiger charge is -2.46. The molecular weight excluding hydrogens is 708 g/mol. The molecule has 1 saturated carbocycles. The number of aliphatic hydroxyl groups is 2. The number of fused-ring (bicyclic) bond motifs is 8. The maximum Gasteiger partial charge on any atom is 0.416 e. The molecule has 3 aliphatic carbocycles. The average molecular weight is 752 g/mol. The zero-order chi connectivity index (χ0) is 37.3. The molecule has 276 valence electrons. The fourth-order valence-electron chi connectivity index (χ4n) is 8.03. The molecule has 3 aromatic carbocycles. The fourth-order valence-corrected chi connectivity index (χ4v) is 10.7. The molecule has 0 spiro atoms. The predicted molar refractivity (Wildman–Crippen MR) is 197 cm³/mol. The first-order chi connectivity index (χ1) is 24.6. The number of rotatable bonds is 8. The van der Waals surface area contributed by atoms with Crippen LogP contribution in [0, 0.1) is 5.41 Å². The summed E-state index contributed by atoms with van der Waals surface area (Å²) in [5, 5.41) is 25.5. The van der Waals surface area contributed by atoms with Crippen molar-refractivity contribution in [2.45, 2.75) is 93.3 Å². The summed E-state index contributed by atoms with van der Waals surface area (Å²) >= 11 is 1.11. The first-order valence-electron chi connectivity index (χ1n) is 17.6. The molecule has 4 unspecified atom stereocenters. The van der Waals surface area contributed by atoms with Gasteiger partial charge in [0.25, 0.3) is 10.0 Å². The topological polar surface area (TPSA) is 94.9 Å². The molecule has 1 fully saturated rings. The third kappa shape index (κ3) is 7.84. The van der Waals surface area contributed by atoms with Crippen molar-refractivity contribution in [1.29, 1.82) is 0 Å². The summed E-state index contributed by atoms with van der Waals surface area (Å²) in [6.07, 6.45) is -0.177. The van der Waals surface area contributed by atoms with Crippen molar-refractivity contribution in [1.82, 2.24) is 4.31 Å². The van der Waals surface area contributed by atoms with E-state index in [1.54, 1.807) is 23.6 Å². The van der Waals surface area contributed by atoms with Crippen LogP contribution in [0.2, 0.25) is 0 Å². The predicted octanol–water partition coefficient (Wildman–Crippen LogP) is 8.93. The van der Waals surface area contributed by atoms with Gasteiger partial charge in [-0.3, -0.25) is 4.79 Å². The first kappa shape index (κ1) is 38.1. The van der Waals surface area contributed by atoms with Crippen molar-refractivity contribution >= 4 is 27.1 Å². The Morgan fingerprint density at radius 3 is 2.46 bits per heavy atom. The third-order valence-corrected chi connectivity index (χ3v) is 14.3. The maximum atomic E-state index is 14.3. The molecule has 4 aromatic rings. The molecule has 3 aliphatic rings. The van der Waals surface area contributed by atoms with E-state index in [9.17, 15) is 36.6 Å². The fraction of sp³-hybridized carbons (Fsp3) is 0.390. The van der Waals surface area contributed by atoms with Crippen molar-refractivity contribution in [2.75, 3.05) is 6.54 Å². The number of aliphatic hydroxyl groups excluding tert-OH is 1. The number of benzene rings is 3. The van der Waals surface area contributed by atoms with Gasteiger partial charge in [0.15, 0.2) is 5.78 Å². The lowest BCUT2D eigenvalue weighted by atomic mass is 9.64. The summed E-state index contributed by atoms with van der Waals surface area (Å²) in [6.45, 7) is 3.81. The maximum absolute atomic E-state index is 14.3. The van der Waals surface area contributed by atoms with E-state index in [-0.39, 0.29) is 41.3 Å². The Kier molecular flexibility index (Phi) is 11.0. The van der Waals surface area contributed by atoms with E-state index >= 15 is 0 Å². The Morgan fingerprint density at radius 2 is 1.75 bits per heavy atom. The van der Waals surface area contributed by atoms with E-state index in [4.69, 9.17) is 0 Å². The van der Waals surface area contributed by atoms with E-state index in [1.807, 2.05) is 56.3 Å². The molecule has 0 aliphatic heterocycles. The highest BCUT2D eigenvalue weighted by Gasteiger charge is 2.58. The van der Waals surface area contributed by atoms with Crippen LogP contribution < -0.4 is 0 Å². The number of nitrogens with zero attached hydrogens (tertiary/aromatic N) is 1. The van der Waals surface area contributed by atoms with Crippen molar-refractivity contribution in [3.63, 3.8) is 0 Å². The van der Waals surface area contributed by atoms with E-state index in [0.717, 1.165) is 34.6 Å². The van der Waals surface area contributed by atoms with Gasteiger partial charge in [-0.15, -0.1) is 11.3 Å². The Bertz CT molecular complexity index is 2030. The Balaban J connectivity index is 1.47. The minimum Gasteiger partial charge on any atom is -0.393 e. The van der Waals surface area contributed by atoms with E-state index in [0.29, 0.717) is 43.2 Å². The number of carbonyl (C=O) groups is 1. The first-order valence-corrected chi connectivity index (χ1v) is 19.9. The quantitative estimate of drug-likeness (QED) is 0.139. The van der Waals surface area contributed by atoms with Crippen molar-refractivity contribution in [3.05, 3.63) is 135 Å². The van der Waals surface area contributed by atoms with Gasteiger partial charge in [-0.1, -0.05) is 79.2 Å². The highest BCUT2D eigenvalue weighted by Crippen LogP contribution is 2.59. The number of thiophene rings is 1. The molecule has 2 N–H and O–H groups in total. The molecule has 1 heterocycles. The molecular formula is C41H44F3NO5S2. The summed E-state index contributed by atoms with van der Waals surface area (Å²) in [5.74, 6) is -1.02. The van der Waals surface area contributed by atoms with Crippen LogP contribution in [0.5, 0.6) is 0 Å². The van der Waals surface area contributed by atoms with Crippen LogP contribution in [0.15, 0.2) is 106 Å². The van der Waals surface area contributed by atoms with Crippen molar-refractivity contribution < 1.29 is 36.6 Å². The van der Waals surface area contributed by atoms with Crippen LogP contribution >= 0.6 is 11.3 Å². The number of ketones is 1. The standard InChI is InChI=1S/C41H44F3NO5S2/c1-28-9-7-20-39(2)36(19-21-40(39,48)27-45(26-29-10-4-3-5-11-29)52(49,50)37-14-8-22-51-37)34-18-16-30(23-33(46)17-15-28)24-35(34)38(47)31-12-6-13-32(25-31)41(42,43)44/h3-6,8-14,16,18,22,24-25,33,36,46,48H,7,15,17,19-21,23,26-27H2,1-2H3.